The maximum absolute atomic E-state index is 6.08. The molecule has 0 aromatic heterocycles. The topological polar surface area (TPSA) is 26.0 Å². The molecule has 0 aliphatic carbocycles. The molecule has 0 bridgehead atoms. The van der Waals surface area contributed by atoms with Crippen LogP contribution in [0.1, 0.15) is 38.3 Å². The van der Waals surface area contributed by atoms with Gasteiger partial charge in [-0.25, -0.2) is 0 Å². The summed E-state index contributed by atoms with van der Waals surface area (Å²) in [6, 6.07) is 5.44. The Balaban J connectivity index is 2.77. The Labute approximate surface area is 102 Å². The van der Waals surface area contributed by atoms with Gasteiger partial charge in [-0.2, -0.15) is 0 Å². The van der Waals surface area contributed by atoms with Crippen molar-refractivity contribution in [3.63, 3.8) is 0 Å². The molecular weight excluding hydrogens is 229 g/mol. The summed E-state index contributed by atoms with van der Waals surface area (Å²) in [6.07, 6.45) is 2.00. The van der Waals surface area contributed by atoms with Crippen LogP contribution in [0.25, 0.3) is 0 Å². The van der Waals surface area contributed by atoms with Crippen molar-refractivity contribution in [2.75, 3.05) is 0 Å². The van der Waals surface area contributed by atoms with Crippen molar-refractivity contribution in [2.45, 2.75) is 32.7 Å². The van der Waals surface area contributed by atoms with E-state index in [4.69, 9.17) is 28.9 Å². The van der Waals surface area contributed by atoms with Gasteiger partial charge in [-0.15, -0.1) is 0 Å². The maximum Gasteiger partial charge on any atom is 0.0468 e. The van der Waals surface area contributed by atoms with Crippen molar-refractivity contribution in [1.29, 1.82) is 0 Å². The Hall–Kier alpha value is -0.240. The monoisotopic (exact) mass is 245 g/mol. The number of halogens is 2. The fourth-order valence-corrected chi connectivity index (χ4v) is 2.20. The molecule has 1 aromatic rings. The van der Waals surface area contributed by atoms with Crippen LogP contribution in [0, 0.1) is 5.92 Å². The Morgan fingerprint density at radius 3 is 2.13 bits per heavy atom. The van der Waals surface area contributed by atoms with E-state index < -0.39 is 0 Å². The van der Waals surface area contributed by atoms with E-state index in [9.17, 15) is 0 Å². The van der Waals surface area contributed by atoms with Gasteiger partial charge in [-0.1, -0.05) is 43.1 Å². The second-order valence-corrected chi connectivity index (χ2v) is 5.03. The van der Waals surface area contributed by atoms with Crippen molar-refractivity contribution in [3.8, 4) is 0 Å². The van der Waals surface area contributed by atoms with Crippen LogP contribution >= 0.6 is 23.2 Å². The molecule has 1 aromatic carbocycles. The lowest BCUT2D eigenvalue weighted by Crippen LogP contribution is -2.12. The van der Waals surface area contributed by atoms with E-state index in [0.717, 1.165) is 18.4 Å². The first-order valence-corrected chi connectivity index (χ1v) is 5.97. The van der Waals surface area contributed by atoms with Crippen molar-refractivity contribution in [3.05, 3.63) is 33.8 Å². The van der Waals surface area contributed by atoms with Gasteiger partial charge in [0.2, 0.25) is 0 Å². The minimum Gasteiger partial charge on any atom is -0.324 e. The third kappa shape index (κ3) is 3.67. The summed E-state index contributed by atoms with van der Waals surface area (Å²) in [4.78, 5) is 0. The Bertz CT molecular complexity index is 303. The van der Waals surface area contributed by atoms with Crippen LogP contribution in [0.4, 0.5) is 0 Å². The largest absolute Gasteiger partial charge is 0.324 e. The summed E-state index contributed by atoms with van der Waals surface area (Å²) < 4.78 is 0. The lowest BCUT2D eigenvalue weighted by atomic mass is 9.98. The van der Waals surface area contributed by atoms with Crippen LogP contribution in [0.5, 0.6) is 0 Å². The van der Waals surface area contributed by atoms with Crippen LogP contribution in [0.15, 0.2) is 18.2 Å². The standard InChI is InChI=1S/C12H17Cl2N/c1-8(2)6-7-11(15)12-9(13)4-3-5-10(12)14/h3-5,8,11H,6-7,15H2,1-2H3. The van der Waals surface area contributed by atoms with Crippen molar-refractivity contribution in [2.24, 2.45) is 11.7 Å². The van der Waals surface area contributed by atoms with E-state index in [2.05, 4.69) is 13.8 Å². The Kier molecular flexibility index (Phi) is 4.91. The van der Waals surface area contributed by atoms with Crippen LogP contribution in [-0.4, -0.2) is 0 Å². The molecule has 0 saturated carbocycles. The average Bonchev–Trinajstić information content (AvgIpc) is 2.14. The van der Waals surface area contributed by atoms with Gasteiger partial charge in [0.1, 0.15) is 0 Å². The fraction of sp³-hybridized carbons (Fsp3) is 0.500. The molecule has 3 heteroatoms. The third-order valence-corrected chi connectivity index (χ3v) is 3.08. The highest BCUT2D eigenvalue weighted by Gasteiger charge is 2.14. The minimum atomic E-state index is -0.0615. The van der Waals surface area contributed by atoms with E-state index >= 15 is 0 Å². The van der Waals surface area contributed by atoms with E-state index in [0.29, 0.717) is 16.0 Å². The highest BCUT2D eigenvalue weighted by molar-refractivity contribution is 6.36. The summed E-state index contributed by atoms with van der Waals surface area (Å²) in [6.45, 7) is 4.36. The molecule has 0 aliphatic rings. The number of hydrogen-bond acceptors (Lipinski definition) is 1. The summed E-state index contributed by atoms with van der Waals surface area (Å²) in [7, 11) is 0. The predicted octanol–water partition coefficient (Wildman–Crippen LogP) is 4.43. The molecule has 0 saturated heterocycles. The summed E-state index contributed by atoms with van der Waals surface area (Å²) in [5, 5.41) is 1.33. The number of benzene rings is 1. The SMILES string of the molecule is CC(C)CCC(N)c1c(Cl)cccc1Cl. The van der Waals surface area contributed by atoms with Gasteiger partial charge < -0.3 is 5.73 Å². The molecule has 1 atom stereocenters. The second-order valence-electron chi connectivity index (χ2n) is 4.21. The van der Waals surface area contributed by atoms with Gasteiger partial charge in [-0.3, -0.25) is 0 Å². The zero-order chi connectivity index (χ0) is 11.4. The van der Waals surface area contributed by atoms with Gasteiger partial charge >= 0.3 is 0 Å². The summed E-state index contributed by atoms with van der Waals surface area (Å²) in [5.41, 5.74) is 6.95. The number of hydrogen-bond donors (Lipinski definition) is 1. The molecule has 0 amide bonds. The number of rotatable bonds is 4. The summed E-state index contributed by atoms with van der Waals surface area (Å²) >= 11 is 12.2. The van der Waals surface area contributed by atoms with Crippen LogP contribution in [-0.2, 0) is 0 Å². The van der Waals surface area contributed by atoms with Crippen LogP contribution in [0.2, 0.25) is 10.0 Å². The third-order valence-electron chi connectivity index (χ3n) is 2.43. The quantitative estimate of drug-likeness (QED) is 0.835. The summed E-state index contributed by atoms with van der Waals surface area (Å²) in [5.74, 6) is 0.650. The molecule has 84 valence electrons. The van der Waals surface area contributed by atoms with Crippen molar-refractivity contribution >= 4 is 23.2 Å². The van der Waals surface area contributed by atoms with Crippen molar-refractivity contribution in [1.82, 2.24) is 0 Å². The molecule has 1 rings (SSSR count). The number of nitrogens with two attached hydrogens (primary N) is 1. The minimum absolute atomic E-state index is 0.0615. The first-order valence-electron chi connectivity index (χ1n) is 5.22. The zero-order valence-corrected chi connectivity index (χ0v) is 10.6. The highest BCUT2D eigenvalue weighted by Crippen LogP contribution is 2.31. The molecule has 0 aliphatic heterocycles. The highest BCUT2D eigenvalue weighted by atomic mass is 35.5. The molecule has 2 N–H and O–H groups in total. The smallest absolute Gasteiger partial charge is 0.0468 e. The van der Waals surface area contributed by atoms with Crippen LogP contribution < -0.4 is 5.73 Å². The first-order chi connectivity index (χ1) is 7.02. The zero-order valence-electron chi connectivity index (χ0n) is 9.13. The molecule has 1 nitrogen and oxygen atoms in total. The molecular formula is C12H17Cl2N. The van der Waals surface area contributed by atoms with E-state index in [1.165, 1.54) is 0 Å². The van der Waals surface area contributed by atoms with Gasteiger partial charge in [0, 0.05) is 21.7 Å². The maximum atomic E-state index is 6.08. The molecule has 0 heterocycles. The van der Waals surface area contributed by atoms with Gasteiger partial charge in [-0.05, 0) is 30.9 Å². The lowest BCUT2D eigenvalue weighted by molar-refractivity contribution is 0.507. The van der Waals surface area contributed by atoms with E-state index in [1.54, 1.807) is 0 Å². The van der Waals surface area contributed by atoms with Crippen molar-refractivity contribution < 1.29 is 0 Å². The second kappa shape index (κ2) is 5.74. The van der Waals surface area contributed by atoms with E-state index in [1.807, 2.05) is 18.2 Å². The van der Waals surface area contributed by atoms with Gasteiger partial charge in [0.25, 0.3) is 0 Å². The molecule has 1 unspecified atom stereocenters. The molecule has 0 spiro atoms. The average molecular weight is 246 g/mol. The lowest BCUT2D eigenvalue weighted by Gasteiger charge is -2.16. The van der Waals surface area contributed by atoms with E-state index in [-0.39, 0.29) is 6.04 Å². The normalized spacial score (nSPS) is 13.2. The van der Waals surface area contributed by atoms with Crippen LogP contribution in [0.3, 0.4) is 0 Å². The van der Waals surface area contributed by atoms with Gasteiger partial charge in [0.05, 0.1) is 0 Å². The first kappa shape index (κ1) is 12.8. The molecule has 15 heavy (non-hydrogen) atoms. The Morgan fingerprint density at radius 1 is 1.13 bits per heavy atom. The molecule has 0 radical (unpaired) electrons. The Morgan fingerprint density at radius 2 is 1.67 bits per heavy atom. The predicted molar refractivity (Wildman–Crippen MR) is 67.5 cm³/mol. The molecule has 0 fully saturated rings. The fourth-order valence-electron chi connectivity index (χ4n) is 1.52. The van der Waals surface area contributed by atoms with Gasteiger partial charge in [0.15, 0.2) is 0 Å².